The number of nitrogens with one attached hydrogen (secondary N) is 1. The molecular weight excluding hydrogens is 262 g/mol. The monoisotopic (exact) mass is 287 g/mol. The van der Waals surface area contributed by atoms with Crippen molar-refractivity contribution in [2.75, 3.05) is 0 Å². The summed E-state index contributed by atoms with van der Waals surface area (Å²) in [5.41, 5.74) is 2.14. The predicted octanol–water partition coefficient (Wildman–Crippen LogP) is 3.35. The Morgan fingerprint density at radius 3 is 2.62 bits per heavy atom. The van der Waals surface area contributed by atoms with Gasteiger partial charge in [-0.05, 0) is 24.5 Å². The van der Waals surface area contributed by atoms with Crippen LogP contribution in [0.2, 0.25) is 0 Å². The lowest BCUT2D eigenvalue weighted by atomic mass is 10.1. The molecule has 0 spiro atoms. The maximum absolute atomic E-state index is 11.8. The average molecular weight is 287 g/mol. The van der Waals surface area contributed by atoms with E-state index < -0.39 is 0 Å². The molecule has 21 heavy (non-hydrogen) atoms. The molecular formula is C17H25N3O. The van der Waals surface area contributed by atoms with Crippen LogP contribution >= 0.6 is 0 Å². The van der Waals surface area contributed by atoms with Crippen LogP contribution in [0.15, 0.2) is 24.3 Å². The van der Waals surface area contributed by atoms with Gasteiger partial charge in [-0.3, -0.25) is 4.79 Å². The summed E-state index contributed by atoms with van der Waals surface area (Å²) in [5, 5.41) is 2.97. The van der Waals surface area contributed by atoms with E-state index in [2.05, 4.69) is 34.8 Å². The van der Waals surface area contributed by atoms with Gasteiger partial charge in [-0.1, -0.05) is 39.8 Å². The summed E-state index contributed by atoms with van der Waals surface area (Å²) in [5.74, 6) is 1.64. The molecule has 1 heterocycles. The first-order valence-corrected chi connectivity index (χ1v) is 7.71. The van der Waals surface area contributed by atoms with Crippen LogP contribution in [0.4, 0.5) is 0 Å². The fourth-order valence-corrected chi connectivity index (χ4v) is 2.27. The Hall–Kier alpha value is -1.84. The SMILES string of the molecule is CC(C)CCn1c(CNC(=O)C(C)C)nc2ccccc21. The van der Waals surface area contributed by atoms with Crippen molar-refractivity contribution >= 4 is 16.9 Å². The number of aryl methyl sites for hydroxylation is 1. The Bertz CT molecular complexity index is 614. The molecule has 2 rings (SSSR count). The van der Waals surface area contributed by atoms with E-state index in [0.29, 0.717) is 12.5 Å². The molecule has 0 saturated carbocycles. The zero-order chi connectivity index (χ0) is 15.4. The first-order valence-electron chi connectivity index (χ1n) is 7.71. The maximum atomic E-state index is 11.8. The van der Waals surface area contributed by atoms with Crippen LogP contribution in [0.5, 0.6) is 0 Å². The first-order chi connectivity index (χ1) is 9.99. The van der Waals surface area contributed by atoms with Crippen molar-refractivity contribution in [1.29, 1.82) is 0 Å². The normalized spacial score (nSPS) is 11.5. The molecule has 1 aromatic carbocycles. The van der Waals surface area contributed by atoms with Crippen LogP contribution in [0.25, 0.3) is 11.0 Å². The van der Waals surface area contributed by atoms with E-state index >= 15 is 0 Å². The van der Waals surface area contributed by atoms with Gasteiger partial charge in [0.05, 0.1) is 17.6 Å². The van der Waals surface area contributed by atoms with Gasteiger partial charge in [0.1, 0.15) is 5.82 Å². The summed E-state index contributed by atoms with van der Waals surface area (Å²) >= 11 is 0. The van der Waals surface area contributed by atoms with E-state index in [1.165, 1.54) is 0 Å². The lowest BCUT2D eigenvalue weighted by molar-refractivity contribution is -0.124. The van der Waals surface area contributed by atoms with Crippen LogP contribution < -0.4 is 5.32 Å². The molecule has 4 heteroatoms. The third-order valence-corrected chi connectivity index (χ3v) is 3.61. The molecule has 0 aliphatic rings. The van der Waals surface area contributed by atoms with Crippen molar-refractivity contribution in [2.24, 2.45) is 11.8 Å². The van der Waals surface area contributed by atoms with Crippen LogP contribution in [0, 0.1) is 11.8 Å². The number of nitrogens with zero attached hydrogens (tertiary/aromatic N) is 2. The standard InChI is InChI=1S/C17H25N3O/c1-12(2)9-10-20-15-8-6-5-7-14(15)19-16(20)11-18-17(21)13(3)4/h5-8,12-13H,9-11H2,1-4H3,(H,18,21). The smallest absolute Gasteiger partial charge is 0.222 e. The summed E-state index contributed by atoms with van der Waals surface area (Å²) in [6.45, 7) is 9.67. The third-order valence-electron chi connectivity index (χ3n) is 3.61. The highest BCUT2D eigenvalue weighted by atomic mass is 16.1. The predicted molar refractivity (Wildman–Crippen MR) is 85.9 cm³/mol. The Labute approximate surface area is 126 Å². The molecule has 1 N–H and O–H groups in total. The number of carbonyl (C=O) groups excluding carboxylic acids is 1. The zero-order valence-corrected chi connectivity index (χ0v) is 13.4. The average Bonchev–Trinajstić information content (AvgIpc) is 2.80. The second kappa shape index (κ2) is 6.74. The summed E-state index contributed by atoms with van der Waals surface area (Å²) in [7, 11) is 0. The molecule has 2 aromatic rings. The van der Waals surface area contributed by atoms with Gasteiger partial charge in [0.15, 0.2) is 0 Å². The summed E-state index contributed by atoms with van der Waals surface area (Å²) in [4.78, 5) is 16.4. The zero-order valence-electron chi connectivity index (χ0n) is 13.4. The number of hydrogen-bond donors (Lipinski definition) is 1. The first kappa shape index (κ1) is 15.5. The van der Waals surface area contributed by atoms with Crippen LogP contribution in [-0.4, -0.2) is 15.5 Å². The van der Waals surface area contributed by atoms with E-state index in [-0.39, 0.29) is 11.8 Å². The summed E-state index contributed by atoms with van der Waals surface area (Å²) in [6.07, 6.45) is 1.10. The number of imidazole rings is 1. The number of hydrogen-bond acceptors (Lipinski definition) is 2. The molecule has 0 fully saturated rings. The van der Waals surface area contributed by atoms with E-state index in [9.17, 15) is 4.79 Å². The third kappa shape index (κ3) is 3.84. The lowest BCUT2D eigenvalue weighted by Crippen LogP contribution is -2.28. The lowest BCUT2D eigenvalue weighted by Gasteiger charge is -2.12. The summed E-state index contributed by atoms with van der Waals surface area (Å²) < 4.78 is 2.23. The Morgan fingerprint density at radius 1 is 1.24 bits per heavy atom. The van der Waals surface area contributed by atoms with E-state index in [1.807, 2.05) is 32.0 Å². The minimum Gasteiger partial charge on any atom is -0.349 e. The number of benzene rings is 1. The topological polar surface area (TPSA) is 46.9 Å². The van der Waals surface area contributed by atoms with Crippen molar-refractivity contribution in [3.8, 4) is 0 Å². The number of aromatic nitrogens is 2. The highest BCUT2D eigenvalue weighted by Gasteiger charge is 2.13. The molecule has 4 nitrogen and oxygen atoms in total. The summed E-state index contributed by atoms with van der Waals surface area (Å²) in [6, 6.07) is 8.15. The molecule has 0 aliphatic carbocycles. The highest BCUT2D eigenvalue weighted by Crippen LogP contribution is 2.18. The Morgan fingerprint density at radius 2 is 1.95 bits per heavy atom. The number of rotatable bonds is 6. The van der Waals surface area contributed by atoms with E-state index in [0.717, 1.165) is 29.8 Å². The molecule has 1 aromatic heterocycles. The van der Waals surface area contributed by atoms with Crippen molar-refractivity contribution in [1.82, 2.24) is 14.9 Å². The molecule has 1 amide bonds. The van der Waals surface area contributed by atoms with Gasteiger partial charge in [-0.2, -0.15) is 0 Å². The second-order valence-electron chi connectivity index (χ2n) is 6.22. The molecule has 0 aliphatic heterocycles. The van der Waals surface area contributed by atoms with Gasteiger partial charge < -0.3 is 9.88 Å². The fraction of sp³-hybridized carbons (Fsp3) is 0.529. The fourth-order valence-electron chi connectivity index (χ4n) is 2.27. The number of carbonyl (C=O) groups is 1. The van der Waals surface area contributed by atoms with Crippen molar-refractivity contribution in [3.63, 3.8) is 0 Å². The maximum Gasteiger partial charge on any atom is 0.222 e. The quantitative estimate of drug-likeness (QED) is 0.885. The van der Waals surface area contributed by atoms with Crippen molar-refractivity contribution in [3.05, 3.63) is 30.1 Å². The van der Waals surface area contributed by atoms with Gasteiger partial charge >= 0.3 is 0 Å². The van der Waals surface area contributed by atoms with Crippen LogP contribution in [0.3, 0.4) is 0 Å². The largest absolute Gasteiger partial charge is 0.349 e. The molecule has 114 valence electrons. The minimum absolute atomic E-state index is 0.00140. The molecule has 0 atom stereocenters. The van der Waals surface area contributed by atoms with Crippen molar-refractivity contribution in [2.45, 2.75) is 47.2 Å². The van der Waals surface area contributed by atoms with Crippen molar-refractivity contribution < 1.29 is 4.79 Å². The number of para-hydroxylation sites is 2. The molecule has 0 radical (unpaired) electrons. The van der Waals surface area contributed by atoms with Gasteiger partial charge in [-0.15, -0.1) is 0 Å². The molecule has 0 saturated heterocycles. The van der Waals surface area contributed by atoms with Crippen LogP contribution in [-0.2, 0) is 17.9 Å². The van der Waals surface area contributed by atoms with Gasteiger partial charge in [0.25, 0.3) is 0 Å². The molecule has 0 bridgehead atoms. The second-order valence-corrected chi connectivity index (χ2v) is 6.22. The van der Waals surface area contributed by atoms with E-state index in [1.54, 1.807) is 0 Å². The Balaban J connectivity index is 2.24. The van der Waals surface area contributed by atoms with Crippen LogP contribution in [0.1, 0.15) is 39.9 Å². The van der Waals surface area contributed by atoms with Gasteiger partial charge in [-0.25, -0.2) is 4.98 Å². The minimum atomic E-state index is -0.00140. The Kier molecular flexibility index (Phi) is 4.99. The highest BCUT2D eigenvalue weighted by molar-refractivity contribution is 5.78. The van der Waals surface area contributed by atoms with Gasteiger partial charge in [0, 0.05) is 12.5 Å². The number of amides is 1. The van der Waals surface area contributed by atoms with E-state index in [4.69, 9.17) is 0 Å². The number of fused-ring (bicyclic) bond motifs is 1. The molecule has 0 unspecified atom stereocenters. The van der Waals surface area contributed by atoms with Gasteiger partial charge in [0.2, 0.25) is 5.91 Å².